The Morgan fingerprint density at radius 1 is 1.33 bits per heavy atom. The highest BCUT2D eigenvalue weighted by Gasteiger charge is 2.08. The SMILES string of the molecule is Cc1noc(-c2c[nH]cc2C)n1. The molecule has 0 bridgehead atoms. The Kier molecular flexibility index (Phi) is 1.46. The molecule has 2 aromatic heterocycles. The van der Waals surface area contributed by atoms with Gasteiger partial charge in [0.25, 0.3) is 5.89 Å². The van der Waals surface area contributed by atoms with Crippen LogP contribution in [0.4, 0.5) is 0 Å². The van der Waals surface area contributed by atoms with Crippen LogP contribution in [0.2, 0.25) is 0 Å². The van der Waals surface area contributed by atoms with Gasteiger partial charge in [-0.05, 0) is 19.4 Å². The van der Waals surface area contributed by atoms with E-state index in [0.717, 1.165) is 11.1 Å². The van der Waals surface area contributed by atoms with Gasteiger partial charge in [0.2, 0.25) is 0 Å². The Morgan fingerprint density at radius 3 is 2.67 bits per heavy atom. The second-order valence-electron chi connectivity index (χ2n) is 2.70. The molecule has 2 rings (SSSR count). The van der Waals surface area contributed by atoms with Crippen molar-refractivity contribution in [3.8, 4) is 11.5 Å². The fraction of sp³-hybridized carbons (Fsp3) is 0.250. The molecule has 2 heterocycles. The van der Waals surface area contributed by atoms with E-state index in [4.69, 9.17) is 4.52 Å². The third-order valence-corrected chi connectivity index (χ3v) is 1.71. The van der Waals surface area contributed by atoms with Crippen molar-refractivity contribution >= 4 is 0 Å². The van der Waals surface area contributed by atoms with Crippen LogP contribution in [0.25, 0.3) is 11.5 Å². The molecular formula is C8H9N3O. The van der Waals surface area contributed by atoms with Gasteiger partial charge in [-0.15, -0.1) is 0 Å². The summed E-state index contributed by atoms with van der Waals surface area (Å²) < 4.78 is 5.01. The maximum Gasteiger partial charge on any atom is 0.259 e. The molecule has 0 aliphatic rings. The first kappa shape index (κ1) is 7.09. The van der Waals surface area contributed by atoms with Gasteiger partial charge >= 0.3 is 0 Å². The van der Waals surface area contributed by atoms with E-state index in [0.29, 0.717) is 11.7 Å². The highest BCUT2D eigenvalue weighted by Crippen LogP contribution is 2.19. The average Bonchev–Trinajstić information content (AvgIpc) is 2.58. The van der Waals surface area contributed by atoms with E-state index in [1.807, 2.05) is 19.3 Å². The van der Waals surface area contributed by atoms with Gasteiger partial charge in [0.1, 0.15) is 0 Å². The van der Waals surface area contributed by atoms with Crippen LogP contribution in [0, 0.1) is 13.8 Å². The van der Waals surface area contributed by atoms with Crippen LogP contribution in [0.15, 0.2) is 16.9 Å². The maximum atomic E-state index is 5.01. The van der Waals surface area contributed by atoms with Crippen LogP contribution in [0.1, 0.15) is 11.4 Å². The molecule has 0 aliphatic carbocycles. The zero-order valence-electron chi connectivity index (χ0n) is 6.96. The van der Waals surface area contributed by atoms with Crippen LogP contribution in [0.3, 0.4) is 0 Å². The third kappa shape index (κ3) is 1.01. The molecule has 1 N–H and O–H groups in total. The number of hydrogen-bond donors (Lipinski definition) is 1. The fourth-order valence-electron chi connectivity index (χ4n) is 1.08. The molecule has 4 heteroatoms. The summed E-state index contributed by atoms with van der Waals surface area (Å²) >= 11 is 0. The summed E-state index contributed by atoms with van der Waals surface area (Å²) in [4.78, 5) is 7.09. The lowest BCUT2D eigenvalue weighted by molar-refractivity contribution is 0.425. The summed E-state index contributed by atoms with van der Waals surface area (Å²) in [6.45, 7) is 3.79. The summed E-state index contributed by atoms with van der Waals surface area (Å²) in [5.74, 6) is 1.23. The van der Waals surface area contributed by atoms with Crippen molar-refractivity contribution in [3.63, 3.8) is 0 Å². The minimum Gasteiger partial charge on any atom is -0.367 e. The van der Waals surface area contributed by atoms with Crippen molar-refractivity contribution in [1.29, 1.82) is 0 Å². The standard InChI is InChI=1S/C8H9N3O/c1-5-3-9-4-7(5)8-10-6(2)11-12-8/h3-4,9H,1-2H3. The smallest absolute Gasteiger partial charge is 0.259 e. The average molecular weight is 163 g/mol. The number of nitrogens with zero attached hydrogens (tertiary/aromatic N) is 2. The Morgan fingerprint density at radius 2 is 2.17 bits per heavy atom. The van der Waals surface area contributed by atoms with Gasteiger partial charge < -0.3 is 9.51 Å². The molecule has 0 atom stereocenters. The Hall–Kier alpha value is -1.58. The second kappa shape index (κ2) is 2.48. The molecule has 4 nitrogen and oxygen atoms in total. The molecule has 0 aromatic carbocycles. The predicted octanol–water partition coefficient (Wildman–Crippen LogP) is 1.68. The van der Waals surface area contributed by atoms with Crippen LogP contribution >= 0.6 is 0 Å². The number of aryl methyl sites for hydroxylation is 2. The highest BCUT2D eigenvalue weighted by molar-refractivity contribution is 5.56. The van der Waals surface area contributed by atoms with Crippen molar-refractivity contribution in [2.45, 2.75) is 13.8 Å². The Balaban J connectivity index is 2.50. The zero-order chi connectivity index (χ0) is 8.55. The molecule has 62 valence electrons. The number of nitrogens with one attached hydrogen (secondary N) is 1. The molecule has 0 radical (unpaired) electrons. The summed E-state index contributed by atoms with van der Waals surface area (Å²) in [5, 5.41) is 3.71. The molecule has 0 saturated carbocycles. The highest BCUT2D eigenvalue weighted by atomic mass is 16.5. The van der Waals surface area contributed by atoms with Crippen molar-refractivity contribution in [2.75, 3.05) is 0 Å². The van der Waals surface area contributed by atoms with Crippen LogP contribution < -0.4 is 0 Å². The van der Waals surface area contributed by atoms with Crippen LogP contribution in [-0.2, 0) is 0 Å². The number of aromatic nitrogens is 3. The first-order chi connectivity index (χ1) is 5.77. The van der Waals surface area contributed by atoms with Gasteiger partial charge in [0.15, 0.2) is 5.82 Å². The second-order valence-corrected chi connectivity index (χ2v) is 2.70. The van der Waals surface area contributed by atoms with Gasteiger partial charge in [-0.25, -0.2) is 0 Å². The molecule has 2 aromatic rings. The molecule has 0 spiro atoms. The third-order valence-electron chi connectivity index (χ3n) is 1.71. The monoisotopic (exact) mass is 163 g/mol. The van der Waals surface area contributed by atoms with Crippen molar-refractivity contribution in [1.82, 2.24) is 15.1 Å². The summed E-state index contributed by atoms with van der Waals surface area (Å²) in [6.07, 6.45) is 3.75. The molecule has 0 saturated heterocycles. The lowest BCUT2D eigenvalue weighted by atomic mass is 10.2. The van der Waals surface area contributed by atoms with Gasteiger partial charge in [0.05, 0.1) is 5.56 Å². The molecule has 0 unspecified atom stereocenters. The van der Waals surface area contributed by atoms with Gasteiger partial charge in [-0.2, -0.15) is 4.98 Å². The van der Waals surface area contributed by atoms with Gasteiger partial charge in [0, 0.05) is 12.4 Å². The molecule has 12 heavy (non-hydrogen) atoms. The first-order valence-electron chi connectivity index (χ1n) is 3.71. The van der Waals surface area contributed by atoms with E-state index in [1.54, 1.807) is 6.92 Å². The van der Waals surface area contributed by atoms with Crippen molar-refractivity contribution < 1.29 is 4.52 Å². The minimum atomic E-state index is 0.575. The number of hydrogen-bond acceptors (Lipinski definition) is 3. The molecule has 0 amide bonds. The first-order valence-corrected chi connectivity index (χ1v) is 3.71. The van der Waals surface area contributed by atoms with E-state index >= 15 is 0 Å². The normalized spacial score (nSPS) is 10.5. The zero-order valence-corrected chi connectivity index (χ0v) is 6.96. The molecule has 0 aliphatic heterocycles. The van der Waals surface area contributed by atoms with Crippen LogP contribution in [0.5, 0.6) is 0 Å². The van der Waals surface area contributed by atoms with E-state index in [-0.39, 0.29) is 0 Å². The predicted molar refractivity (Wildman–Crippen MR) is 43.6 cm³/mol. The summed E-state index contributed by atoms with van der Waals surface area (Å²) in [5.41, 5.74) is 2.08. The maximum absolute atomic E-state index is 5.01. The number of rotatable bonds is 1. The van der Waals surface area contributed by atoms with E-state index in [1.165, 1.54) is 0 Å². The topological polar surface area (TPSA) is 54.7 Å². The Labute approximate surface area is 69.6 Å². The number of H-pyrrole nitrogens is 1. The fourth-order valence-corrected chi connectivity index (χ4v) is 1.08. The van der Waals surface area contributed by atoms with Crippen LogP contribution in [-0.4, -0.2) is 15.1 Å². The van der Waals surface area contributed by atoms with E-state index < -0.39 is 0 Å². The summed E-state index contributed by atoms with van der Waals surface area (Å²) in [6, 6.07) is 0. The van der Waals surface area contributed by atoms with Crippen molar-refractivity contribution in [2.24, 2.45) is 0 Å². The Bertz CT molecular complexity index is 388. The van der Waals surface area contributed by atoms with Gasteiger partial charge in [-0.3, -0.25) is 0 Å². The lowest BCUT2D eigenvalue weighted by Crippen LogP contribution is -1.76. The molecular weight excluding hydrogens is 154 g/mol. The van der Waals surface area contributed by atoms with Gasteiger partial charge in [-0.1, -0.05) is 5.16 Å². The largest absolute Gasteiger partial charge is 0.367 e. The van der Waals surface area contributed by atoms with Crippen molar-refractivity contribution in [3.05, 3.63) is 23.8 Å². The summed E-state index contributed by atoms with van der Waals surface area (Å²) in [7, 11) is 0. The lowest BCUT2D eigenvalue weighted by Gasteiger charge is -1.87. The minimum absolute atomic E-state index is 0.575. The quantitative estimate of drug-likeness (QED) is 0.695. The molecule has 0 fully saturated rings. The van der Waals surface area contributed by atoms with E-state index in [9.17, 15) is 0 Å². The van der Waals surface area contributed by atoms with E-state index in [2.05, 4.69) is 15.1 Å². The number of aromatic amines is 1.